The van der Waals surface area contributed by atoms with Crippen LogP contribution in [0.2, 0.25) is 0 Å². The zero-order valence-corrected chi connectivity index (χ0v) is 13.7. The highest BCUT2D eigenvalue weighted by molar-refractivity contribution is 6.14. The number of hydrogen-bond donors (Lipinski definition) is 0. The first-order chi connectivity index (χ1) is 12.7. The Balaban J connectivity index is 1.39. The van der Waals surface area contributed by atoms with Crippen molar-refractivity contribution in [1.82, 2.24) is 0 Å². The minimum atomic E-state index is -0.231. The second-order valence-corrected chi connectivity index (χ2v) is 6.41. The number of carbonyl (C=O) groups is 2. The lowest BCUT2D eigenvalue weighted by Crippen LogP contribution is -2.09. The standard InChI is InChI=1S/C20H14O6/c21-19-14-5-4-13(25-20(22)12-2-3-12)9-16(14)26-18(19)8-11-1-6-15-17(7-11)24-10-23-15/h1,4-9,12H,2-3,10H2/b18-8-. The van der Waals surface area contributed by atoms with Gasteiger partial charge >= 0.3 is 5.97 Å². The van der Waals surface area contributed by atoms with Crippen LogP contribution in [0.15, 0.2) is 42.2 Å². The molecule has 1 fully saturated rings. The lowest BCUT2D eigenvalue weighted by molar-refractivity contribution is -0.135. The predicted octanol–water partition coefficient (Wildman–Crippen LogP) is 3.35. The van der Waals surface area contributed by atoms with Crippen molar-refractivity contribution in [2.45, 2.75) is 12.8 Å². The number of carbonyl (C=O) groups excluding carboxylic acids is 2. The van der Waals surface area contributed by atoms with Gasteiger partial charge in [-0.15, -0.1) is 0 Å². The number of allylic oxidation sites excluding steroid dienone is 1. The first-order valence-corrected chi connectivity index (χ1v) is 8.37. The predicted molar refractivity (Wildman–Crippen MR) is 90.3 cm³/mol. The maximum atomic E-state index is 12.5. The van der Waals surface area contributed by atoms with Crippen molar-refractivity contribution in [3.63, 3.8) is 0 Å². The van der Waals surface area contributed by atoms with Gasteiger partial charge < -0.3 is 18.9 Å². The van der Waals surface area contributed by atoms with Crippen LogP contribution in [-0.4, -0.2) is 18.5 Å². The van der Waals surface area contributed by atoms with E-state index in [1.54, 1.807) is 36.4 Å². The van der Waals surface area contributed by atoms with Gasteiger partial charge in [0.1, 0.15) is 11.5 Å². The number of benzene rings is 2. The minimum absolute atomic E-state index is 0.00673. The summed E-state index contributed by atoms with van der Waals surface area (Å²) in [5.74, 6) is 1.87. The molecule has 130 valence electrons. The minimum Gasteiger partial charge on any atom is -0.454 e. The molecular formula is C20H14O6. The molecule has 0 aromatic heterocycles. The van der Waals surface area contributed by atoms with Crippen molar-refractivity contribution in [2.75, 3.05) is 6.79 Å². The molecule has 0 bridgehead atoms. The Hall–Kier alpha value is -3.28. The highest BCUT2D eigenvalue weighted by atomic mass is 16.7. The van der Waals surface area contributed by atoms with Gasteiger partial charge in [-0.1, -0.05) is 6.07 Å². The van der Waals surface area contributed by atoms with Crippen LogP contribution in [0.25, 0.3) is 6.08 Å². The van der Waals surface area contributed by atoms with E-state index in [0.717, 1.165) is 18.4 Å². The molecule has 0 saturated heterocycles. The molecule has 6 nitrogen and oxygen atoms in total. The van der Waals surface area contributed by atoms with Gasteiger partial charge in [-0.05, 0) is 48.7 Å². The van der Waals surface area contributed by atoms with Crippen molar-refractivity contribution in [3.05, 3.63) is 53.3 Å². The third-order valence-corrected chi connectivity index (χ3v) is 4.46. The molecule has 2 heterocycles. The quantitative estimate of drug-likeness (QED) is 0.480. The molecule has 26 heavy (non-hydrogen) atoms. The SMILES string of the molecule is O=C1/C(=C/c2ccc3c(c2)OCO3)Oc2cc(OC(=O)C3CC3)ccc21. The Labute approximate surface area is 148 Å². The monoisotopic (exact) mass is 350 g/mol. The van der Waals surface area contributed by atoms with E-state index < -0.39 is 0 Å². The van der Waals surface area contributed by atoms with Gasteiger partial charge in [0.2, 0.25) is 12.6 Å². The molecule has 0 radical (unpaired) electrons. The van der Waals surface area contributed by atoms with Crippen molar-refractivity contribution in [1.29, 1.82) is 0 Å². The maximum absolute atomic E-state index is 12.5. The van der Waals surface area contributed by atoms with Gasteiger partial charge in [0, 0.05) is 6.07 Å². The lowest BCUT2D eigenvalue weighted by atomic mass is 10.1. The highest BCUT2D eigenvalue weighted by Gasteiger charge is 2.33. The zero-order chi connectivity index (χ0) is 17.7. The fourth-order valence-corrected chi connectivity index (χ4v) is 2.90. The average molecular weight is 350 g/mol. The topological polar surface area (TPSA) is 71.1 Å². The van der Waals surface area contributed by atoms with E-state index in [2.05, 4.69) is 0 Å². The summed E-state index contributed by atoms with van der Waals surface area (Å²) in [7, 11) is 0. The van der Waals surface area contributed by atoms with Crippen LogP contribution in [0.1, 0.15) is 28.8 Å². The average Bonchev–Trinajstić information content (AvgIpc) is 3.32. The van der Waals surface area contributed by atoms with Gasteiger partial charge in [-0.3, -0.25) is 9.59 Å². The van der Waals surface area contributed by atoms with Gasteiger partial charge in [-0.2, -0.15) is 0 Å². The molecule has 2 aromatic rings. The van der Waals surface area contributed by atoms with Crippen molar-refractivity contribution < 1.29 is 28.5 Å². The number of fused-ring (bicyclic) bond motifs is 2. The number of rotatable bonds is 3. The summed E-state index contributed by atoms with van der Waals surface area (Å²) in [6.07, 6.45) is 3.41. The van der Waals surface area contributed by atoms with E-state index in [9.17, 15) is 9.59 Å². The summed E-state index contributed by atoms with van der Waals surface area (Å²) in [6, 6.07) is 10.2. The van der Waals surface area contributed by atoms with Gasteiger partial charge in [0.15, 0.2) is 17.3 Å². The third kappa shape index (κ3) is 2.60. The lowest BCUT2D eigenvalue weighted by Gasteiger charge is -2.04. The van der Waals surface area contributed by atoms with E-state index in [0.29, 0.717) is 28.6 Å². The van der Waals surface area contributed by atoms with Crippen LogP contribution in [0.5, 0.6) is 23.0 Å². The largest absolute Gasteiger partial charge is 0.454 e. The Bertz CT molecular complexity index is 970. The molecular weight excluding hydrogens is 336 g/mol. The molecule has 1 aliphatic carbocycles. The van der Waals surface area contributed by atoms with Gasteiger partial charge in [-0.25, -0.2) is 0 Å². The zero-order valence-electron chi connectivity index (χ0n) is 13.7. The number of ether oxygens (including phenoxy) is 4. The molecule has 0 unspecified atom stereocenters. The normalized spacial score (nSPS) is 18.6. The van der Waals surface area contributed by atoms with Crippen molar-refractivity contribution in [2.24, 2.45) is 5.92 Å². The molecule has 0 spiro atoms. The molecule has 2 aliphatic heterocycles. The Morgan fingerprint density at radius 3 is 2.73 bits per heavy atom. The fourth-order valence-electron chi connectivity index (χ4n) is 2.90. The Morgan fingerprint density at radius 2 is 1.88 bits per heavy atom. The molecule has 0 atom stereocenters. The van der Waals surface area contributed by atoms with E-state index >= 15 is 0 Å². The highest BCUT2D eigenvalue weighted by Crippen LogP contribution is 2.38. The molecule has 2 aromatic carbocycles. The van der Waals surface area contributed by atoms with Crippen molar-refractivity contribution in [3.8, 4) is 23.0 Å². The van der Waals surface area contributed by atoms with Crippen molar-refractivity contribution >= 4 is 17.8 Å². The van der Waals surface area contributed by atoms with Crippen LogP contribution >= 0.6 is 0 Å². The fraction of sp³-hybridized carbons (Fsp3) is 0.200. The number of esters is 1. The summed E-state index contributed by atoms with van der Waals surface area (Å²) in [5, 5.41) is 0. The number of ketones is 1. The summed E-state index contributed by atoms with van der Waals surface area (Å²) >= 11 is 0. The molecule has 3 aliphatic rings. The van der Waals surface area contributed by atoms with Crippen LogP contribution in [-0.2, 0) is 4.79 Å². The van der Waals surface area contributed by atoms with E-state index in [-0.39, 0.29) is 30.2 Å². The molecule has 5 rings (SSSR count). The first-order valence-electron chi connectivity index (χ1n) is 8.37. The molecule has 6 heteroatoms. The van der Waals surface area contributed by atoms with Gasteiger partial charge in [0.05, 0.1) is 11.5 Å². The van der Waals surface area contributed by atoms with Crippen LogP contribution < -0.4 is 18.9 Å². The molecule has 0 amide bonds. The Morgan fingerprint density at radius 1 is 1.04 bits per heavy atom. The third-order valence-electron chi connectivity index (χ3n) is 4.46. The van der Waals surface area contributed by atoms with E-state index in [1.807, 2.05) is 6.07 Å². The smallest absolute Gasteiger partial charge is 0.314 e. The summed E-state index contributed by atoms with van der Waals surface area (Å²) in [6.45, 7) is 0.193. The van der Waals surface area contributed by atoms with Gasteiger partial charge in [0.25, 0.3) is 0 Å². The maximum Gasteiger partial charge on any atom is 0.314 e. The molecule has 1 saturated carbocycles. The summed E-state index contributed by atoms with van der Waals surface area (Å²) in [4.78, 5) is 24.3. The van der Waals surface area contributed by atoms with E-state index in [1.165, 1.54) is 0 Å². The van der Waals surface area contributed by atoms with Crippen LogP contribution in [0.4, 0.5) is 0 Å². The first kappa shape index (κ1) is 15.0. The van der Waals surface area contributed by atoms with Crippen LogP contribution in [0, 0.1) is 5.92 Å². The molecule has 0 N–H and O–H groups in total. The summed E-state index contributed by atoms with van der Waals surface area (Å²) < 4.78 is 21.6. The summed E-state index contributed by atoms with van der Waals surface area (Å²) in [5.41, 5.74) is 1.22. The van der Waals surface area contributed by atoms with E-state index in [4.69, 9.17) is 18.9 Å². The second kappa shape index (κ2) is 5.62. The number of Topliss-reactive ketones (excluding diaryl/α,β-unsaturated/α-hetero) is 1. The number of hydrogen-bond acceptors (Lipinski definition) is 6. The second-order valence-electron chi connectivity index (χ2n) is 6.41. The van der Waals surface area contributed by atoms with Crippen LogP contribution in [0.3, 0.4) is 0 Å². The Kier molecular flexibility index (Phi) is 3.25.